The van der Waals surface area contributed by atoms with E-state index in [0.29, 0.717) is 6.04 Å². The fourth-order valence-corrected chi connectivity index (χ4v) is 3.03. The van der Waals surface area contributed by atoms with Crippen LogP contribution in [-0.2, 0) is 13.0 Å². The van der Waals surface area contributed by atoms with E-state index in [0.717, 1.165) is 24.1 Å². The molecule has 0 fully saturated rings. The molecule has 2 aromatic rings. The van der Waals surface area contributed by atoms with E-state index in [1.54, 1.807) is 11.3 Å². The Bertz CT molecular complexity index is 608. The number of nitrogens with zero attached hydrogens (tertiary/aromatic N) is 1. The molecule has 4 nitrogen and oxygen atoms in total. The zero-order valence-corrected chi connectivity index (χ0v) is 13.2. The predicted octanol–water partition coefficient (Wildman–Crippen LogP) is 2.87. The van der Waals surface area contributed by atoms with Crippen molar-refractivity contribution in [1.82, 2.24) is 5.32 Å². The highest BCUT2D eigenvalue weighted by Gasteiger charge is 2.07. The number of rotatable bonds is 6. The molecule has 1 aromatic carbocycles. The molecule has 112 valence electrons. The Kier molecular flexibility index (Phi) is 5.36. The molecule has 21 heavy (non-hydrogen) atoms. The molecule has 1 unspecified atom stereocenters. The van der Waals surface area contributed by atoms with E-state index < -0.39 is 0 Å². The molecule has 0 aliphatic carbocycles. The van der Waals surface area contributed by atoms with Crippen LogP contribution in [0.4, 0.5) is 0 Å². The molecular weight excluding hydrogens is 282 g/mol. The van der Waals surface area contributed by atoms with Gasteiger partial charge in [-0.25, -0.2) is 0 Å². The molecule has 0 saturated carbocycles. The van der Waals surface area contributed by atoms with Gasteiger partial charge in [-0.3, -0.25) is 0 Å². The standard InChI is InChI=1S/C16H21N3OS/c1-11-8-13(16(17)19-20)5-6-14(11)10-18-12(2)9-15-4-3-7-21-15/h3-8,12,18,20H,9-10H2,1-2H3,(H2,17,19). The normalized spacial score (nSPS) is 13.3. The number of oxime groups is 1. The fraction of sp³-hybridized carbons (Fsp3) is 0.312. The summed E-state index contributed by atoms with van der Waals surface area (Å²) in [5.41, 5.74) is 8.70. The zero-order chi connectivity index (χ0) is 15.2. The van der Waals surface area contributed by atoms with E-state index in [9.17, 15) is 0 Å². The summed E-state index contributed by atoms with van der Waals surface area (Å²) in [6.07, 6.45) is 1.04. The maximum atomic E-state index is 8.70. The highest BCUT2D eigenvalue weighted by molar-refractivity contribution is 7.09. The molecule has 0 amide bonds. The lowest BCUT2D eigenvalue weighted by molar-refractivity contribution is 0.318. The first-order valence-electron chi connectivity index (χ1n) is 6.93. The van der Waals surface area contributed by atoms with Crippen molar-refractivity contribution in [1.29, 1.82) is 0 Å². The highest BCUT2D eigenvalue weighted by Crippen LogP contribution is 2.13. The third-order valence-corrected chi connectivity index (χ3v) is 4.37. The first-order chi connectivity index (χ1) is 10.1. The van der Waals surface area contributed by atoms with Crippen molar-refractivity contribution in [3.05, 3.63) is 57.3 Å². The molecule has 0 spiro atoms. The van der Waals surface area contributed by atoms with Crippen LogP contribution in [0.5, 0.6) is 0 Å². The molecule has 0 aliphatic rings. The monoisotopic (exact) mass is 303 g/mol. The second-order valence-electron chi connectivity index (χ2n) is 5.19. The number of nitrogens with one attached hydrogen (secondary N) is 1. The van der Waals surface area contributed by atoms with Gasteiger partial charge in [0.2, 0.25) is 0 Å². The minimum absolute atomic E-state index is 0.142. The second kappa shape index (κ2) is 7.24. The Morgan fingerprint density at radius 1 is 1.43 bits per heavy atom. The Morgan fingerprint density at radius 2 is 2.24 bits per heavy atom. The molecule has 4 N–H and O–H groups in total. The van der Waals surface area contributed by atoms with Crippen LogP contribution in [0.1, 0.15) is 28.5 Å². The summed E-state index contributed by atoms with van der Waals surface area (Å²) >= 11 is 1.79. The van der Waals surface area contributed by atoms with E-state index in [2.05, 4.69) is 34.9 Å². The summed E-state index contributed by atoms with van der Waals surface area (Å²) in [5, 5.41) is 17.4. The maximum Gasteiger partial charge on any atom is 0.170 e. The van der Waals surface area contributed by atoms with Crippen molar-refractivity contribution in [3.8, 4) is 0 Å². The lowest BCUT2D eigenvalue weighted by Crippen LogP contribution is -2.27. The van der Waals surface area contributed by atoms with E-state index >= 15 is 0 Å². The molecule has 0 radical (unpaired) electrons. The number of aryl methyl sites for hydroxylation is 1. The van der Waals surface area contributed by atoms with E-state index in [4.69, 9.17) is 10.9 Å². The number of hydrogen-bond acceptors (Lipinski definition) is 4. The first-order valence-corrected chi connectivity index (χ1v) is 7.81. The quantitative estimate of drug-likeness (QED) is 0.332. The molecular formula is C16H21N3OS. The average molecular weight is 303 g/mol. The fourth-order valence-electron chi connectivity index (χ4n) is 2.20. The first kappa shape index (κ1) is 15.5. The Labute approximate surface area is 129 Å². The summed E-state index contributed by atoms with van der Waals surface area (Å²) < 4.78 is 0. The van der Waals surface area contributed by atoms with Crippen molar-refractivity contribution in [2.24, 2.45) is 10.9 Å². The van der Waals surface area contributed by atoms with Gasteiger partial charge in [0, 0.05) is 23.0 Å². The smallest absolute Gasteiger partial charge is 0.170 e. The highest BCUT2D eigenvalue weighted by atomic mass is 32.1. The number of hydrogen-bond donors (Lipinski definition) is 3. The van der Waals surface area contributed by atoms with Gasteiger partial charge >= 0.3 is 0 Å². The van der Waals surface area contributed by atoms with Gasteiger partial charge in [-0.15, -0.1) is 11.3 Å². The summed E-state index contributed by atoms with van der Waals surface area (Å²) in [5.74, 6) is 0.142. The van der Waals surface area contributed by atoms with Gasteiger partial charge < -0.3 is 16.3 Å². The largest absolute Gasteiger partial charge is 0.409 e. The van der Waals surface area contributed by atoms with E-state index in [1.807, 2.05) is 25.1 Å². The zero-order valence-electron chi connectivity index (χ0n) is 12.3. The molecule has 1 aromatic heterocycles. The van der Waals surface area contributed by atoms with Crippen LogP contribution < -0.4 is 11.1 Å². The Hall–Kier alpha value is -1.85. The van der Waals surface area contributed by atoms with Crippen molar-refractivity contribution >= 4 is 17.2 Å². The minimum Gasteiger partial charge on any atom is -0.409 e. The number of amidine groups is 1. The van der Waals surface area contributed by atoms with Crippen LogP contribution in [0.25, 0.3) is 0 Å². The van der Waals surface area contributed by atoms with E-state index in [1.165, 1.54) is 10.4 Å². The van der Waals surface area contributed by atoms with Crippen LogP contribution in [-0.4, -0.2) is 17.1 Å². The lowest BCUT2D eigenvalue weighted by Gasteiger charge is -2.14. The molecule has 0 bridgehead atoms. The van der Waals surface area contributed by atoms with Crippen molar-refractivity contribution in [3.63, 3.8) is 0 Å². The van der Waals surface area contributed by atoms with Crippen LogP contribution in [0, 0.1) is 6.92 Å². The van der Waals surface area contributed by atoms with Crippen molar-refractivity contribution < 1.29 is 5.21 Å². The third-order valence-electron chi connectivity index (χ3n) is 3.47. The third kappa shape index (κ3) is 4.31. The molecule has 1 heterocycles. The van der Waals surface area contributed by atoms with E-state index in [-0.39, 0.29) is 5.84 Å². The number of nitrogens with two attached hydrogens (primary N) is 1. The van der Waals surface area contributed by atoms with Gasteiger partial charge in [0.15, 0.2) is 5.84 Å². The lowest BCUT2D eigenvalue weighted by atomic mass is 10.0. The Morgan fingerprint density at radius 3 is 2.86 bits per heavy atom. The van der Waals surface area contributed by atoms with Gasteiger partial charge in [0.25, 0.3) is 0 Å². The van der Waals surface area contributed by atoms with Crippen molar-refractivity contribution in [2.75, 3.05) is 0 Å². The average Bonchev–Trinajstić information content (AvgIpc) is 2.98. The number of benzene rings is 1. The summed E-state index contributed by atoms with van der Waals surface area (Å²) in [7, 11) is 0. The van der Waals surface area contributed by atoms with Gasteiger partial charge in [-0.2, -0.15) is 0 Å². The van der Waals surface area contributed by atoms with Crippen molar-refractivity contribution in [2.45, 2.75) is 32.9 Å². The van der Waals surface area contributed by atoms with Gasteiger partial charge in [0.05, 0.1) is 0 Å². The summed E-state index contributed by atoms with van der Waals surface area (Å²) in [6.45, 7) is 5.05. The van der Waals surface area contributed by atoms with Crippen LogP contribution in [0.2, 0.25) is 0 Å². The van der Waals surface area contributed by atoms with Gasteiger partial charge in [-0.1, -0.05) is 23.4 Å². The Balaban J connectivity index is 1.94. The minimum atomic E-state index is 0.142. The molecule has 0 aliphatic heterocycles. The molecule has 2 rings (SSSR count). The maximum absolute atomic E-state index is 8.70. The number of thiophene rings is 1. The molecule has 1 atom stereocenters. The molecule has 5 heteroatoms. The topological polar surface area (TPSA) is 70.6 Å². The molecule has 0 saturated heterocycles. The SMILES string of the molecule is Cc1cc(/C(N)=N/O)ccc1CNC(C)Cc1cccs1. The summed E-state index contributed by atoms with van der Waals surface area (Å²) in [6, 6.07) is 10.5. The van der Waals surface area contributed by atoms with Crippen LogP contribution >= 0.6 is 11.3 Å². The van der Waals surface area contributed by atoms with Crippen LogP contribution in [0.15, 0.2) is 40.9 Å². The van der Waals surface area contributed by atoms with Crippen LogP contribution in [0.3, 0.4) is 0 Å². The summed E-state index contributed by atoms with van der Waals surface area (Å²) in [4.78, 5) is 1.40. The van der Waals surface area contributed by atoms with Gasteiger partial charge in [-0.05, 0) is 48.9 Å². The van der Waals surface area contributed by atoms with Gasteiger partial charge in [0.1, 0.15) is 0 Å². The second-order valence-corrected chi connectivity index (χ2v) is 6.22. The predicted molar refractivity (Wildman–Crippen MR) is 88.0 cm³/mol.